The van der Waals surface area contributed by atoms with E-state index in [9.17, 15) is 0 Å². The van der Waals surface area contributed by atoms with Gasteiger partial charge in [0.05, 0.1) is 0 Å². The minimum atomic E-state index is -4.14. The zero-order valence-corrected chi connectivity index (χ0v) is 41.3. The molecule has 0 rings (SSSR count). The van der Waals surface area contributed by atoms with Crippen molar-refractivity contribution in [3.8, 4) is 0 Å². The van der Waals surface area contributed by atoms with Gasteiger partial charge < -0.3 is 44.3 Å². The van der Waals surface area contributed by atoms with E-state index in [1.165, 1.54) is 0 Å². The van der Waals surface area contributed by atoms with Crippen LogP contribution in [-0.4, -0.2) is 97.9 Å². The van der Waals surface area contributed by atoms with Crippen molar-refractivity contribution in [1.29, 1.82) is 0 Å². The molecule has 0 saturated carbocycles. The minimum absolute atomic E-state index is 0.446. The van der Waals surface area contributed by atoms with Gasteiger partial charge in [-0.1, -0.05) is 133 Å². The average Bonchev–Trinajstić information content (AvgIpc) is 3.17. The predicted molar refractivity (Wildman–Crippen MR) is 232 cm³/mol. The van der Waals surface area contributed by atoms with E-state index in [2.05, 4.69) is 69.2 Å². The summed E-state index contributed by atoms with van der Waals surface area (Å²) in [6.07, 6.45) is 18.1. The van der Waals surface area contributed by atoms with Crippen molar-refractivity contribution in [3.63, 3.8) is 0 Å². The van der Waals surface area contributed by atoms with Gasteiger partial charge in [-0.25, -0.2) is 0 Å². The molecule has 0 aliphatic carbocycles. The van der Waals surface area contributed by atoms with Crippen LogP contribution >= 0.6 is 0 Å². The third kappa shape index (κ3) is 18.2. The Morgan fingerprint density at radius 1 is 0.204 bits per heavy atom. The summed E-state index contributed by atoms with van der Waals surface area (Å²) < 4.78 is 74.4. The van der Waals surface area contributed by atoms with Gasteiger partial charge in [-0.05, 0) is 64.2 Å². The molecule has 0 saturated heterocycles. The fraction of sp³-hybridized carbons (Fsp3) is 1.00. The number of unbranched alkanes of at least 4 members (excludes halogenated alkanes) is 10. The first-order chi connectivity index (χ1) is 26.4. The molecular weight excluding hydrogens is 753 g/mol. The molecule has 0 unspecified atom stereocenters. The monoisotopic (exact) mass is 843 g/mol. The summed E-state index contributed by atoms with van der Waals surface area (Å²) in [5.41, 5.74) is 0. The third-order valence-corrected chi connectivity index (χ3v) is 44.8. The smallest absolute Gasteiger partial charge is 0.391 e. The number of rotatable bonds is 43. The molecule has 0 N–H and O–H groups in total. The maximum absolute atomic E-state index is 7.64. The van der Waals surface area contributed by atoms with Crippen LogP contribution in [0.5, 0.6) is 0 Å². The van der Waals surface area contributed by atoms with Gasteiger partial charge in [0.15, 0.2) is 0 Å². The van der Waals surface area contributed by atoms with Gasteiger partial charge in [-0.2, -0.15) is 0 Å². The lowest BCUT2D eigenvalue weighted by molar-refractivity contribution is 0.0344. The molecule has 10 nitrogen and oxygen atoms in total. The van der Waals surface area contributed by atoms with Crippen LogP contribution in [0.2, 0.25) is 0 Å². The highest BCUT2D eigenvalue weighted by Gasteiger charge is 2.93. The van der Waals surface area contributed by atoms with Crippen molar-refractivity contribution in [3.05, 3.63) is 0 Å². The Kier molecular flexibility index (Phi) is 35.7. The van der Waals surface area contributed by atoms with E-state index < -0.39 is 31.8 Å². The van der Waals surface area contributed by atoms with Crippen LogP contribution in [0.15, 0.2) is 0 Å². The molecule has 0 atom stereocenters. The number of hydrogen-bond donors (Lipinski definition) is 0. The predicted octanol–water partition coefficient (Wildman–Crippen LogP) is 11.2. The van der Waals surface area contributed by atoms with Gasteiger partial charge in [0.25, 0.3) is 0 Å². The van der Waals surface area contributed by atoms with E-state index in [0.717, 1.165) is 128 Å². The first-order valence-corrected chi connectivity index (χ1v) is 32.8. The highest BCUT2D eigenvalue weighted by Crippen LogP contribution is 2.43. The van der Waals surface area contributed by atoms with Crippen LogP contribution < -0.4 is 0 Å². The van der Waals surface area contributed by atoms with E-state index in [1.807, 2.05) is 0 Å². The highest BCUT2D eigenvalue weighted by atomic mass is 29.9. The molecule has 0 aromatic rings. The molecule has 0 radical (unpaired) electrons. The lowest BCUT2D eigenvalue weighted by Gasteiger charge is -2.52. The van der Waals surface area contributed by atoms with Crippen molar-refractivity contribution in [2.45, 2.75) is 198 Å². The summed E-state index contributed by atoms with van der Waals surface area (Å²) in [6.45, 7) is 26.5. The van der Waals surface area contributed by atoms with Gasteiger partial charge in [0, 0.05) is 66.1 Å². The summed E-state index contributed by atoms with van der Waals surface area (Å²) in [5, 5.41) is 0. The molecule has 0 aromatic heterocycles. The van der Waals surface area contributed by atoms with E-state index in [4.69, 9.17) is 44.3 Å². The minimum Gasteiger partial charge on any atom is -0.391 e. The van der Waals surface area contributed by atoms with Crippen LogP contribution in [0.4, 0.5) is 0 Å². The zero-order valence-electron chi connectivity index (χ0n) is 37.3. The topological polar surface area (TPSA) is 92.3 Å². The summed E-state index contributed by atoms with van der Waals surface area (Å²) >= 11 is 0. The van der Waals surface area contributed by atoms with E-state index in [0.29, 0.717) is 66.1 Å². The first-order valence-electron chi connectivity index (χ1n) is 22.7. The molecule has 0 spiro atoms. The van der Waals surface area contributed by atoms with Gasteiger partial charge in [-0.15, -0.1) is 0 Å². The van der Waals surface area contributed by atoms with Crippen molar-refractivity contribution < 1.29 is 44.3 Å². The maximum atomic E-state index is 7.64. The van der Waals surface area contributed by atoms with Gasteiger partial charge >= 0.3 is 31.8 Å². The van der Waals surface area contributed by atoms with Crippen molar-refractivity contribution in [2.75, 3.05) is 66.1 Å². The Morgan fingerprint density at radius 3 is 0.463 bits per heavy atom. The van der Waals surface area contributed by atoms with Crippen LogP contribution in [0.1, 0.15) is 198 Å². The molecule has 0 amide bonds. The van der Waals surface area contributed by atoms with Gasteiger partial charge in [-0.3, -0.25) is 0 Å². The Hall–Kier alpha value is 0.468. The summed E-state index contributed by atoms with van der Waals surface area (Å²) in [4.78, 5) is 0. The Labute approximate surface area is 338 Å². The third-order valence-electron chi connectivity index (χ3n) is 9.19. The van der Waals surface area contributed by atoms with Gasteiger partial charge in [0.2, 0.25) is 0 Å². The van der Waals surface area contributed by atoms with Crippen LogP contribution in [0.25, 0.3) is 0 Å². The molecule has 326 valence electrons. The Bertz CT molecular complexity index is 680. The molecule has 0 aliphatic heterocycles. The van der Waals surface area contributed by atoms with Crippen molar-refractivity contribution in [2.24, 2.45) is 0 Å². The average molecular weight is 843 g/mol. The standard InChI is InChI=1S/C40H90O10Si4/c1-11-21-31-41-51(42-32-22-12-2,43-33-23-13-3)53(47-37-27-17-7,48-38-28-18-8)54(49-39-29-19-9,50-40-30-20-10)52(44-34-24-14-4,45-35-25-15-5)46-36-26-16-6/h11-40H2,1-10H3. The normalized spacial score (nSPS) is 13.0. The lowest BCUT2D eigenvalue weighted by atomic mass is 10.4. The number of hydrogen-bond acceptors (Lipinski definition) is 10. The Morgan fingerprint density at radius 2 is 0.333 bits per heavy atom. The van der Waals surface area contributed by atoms with Crippen LogP contribution in [0, 0.1) is 0 Å². The summed E-state index contributed by atoms with van der Waals surface area (Å²) in [7, 11) is -16.3. The molecule has 0 fully saturated rings. The lowest BCUT2D eigenvalue weighted by Crippen LogP contribution is -2.94. The zero-order chi connectivity index (χ0) is 40.3. The molecule has 0 aromatic carbocycles. The molecule has 54 heavy (non-hydrogen) atoms. The SMILES string of the molecule is CCCCO[Si](OCCCC)(OCCCC)[Si](OCCCC)(OCCCC)[Si](OCCCC)(OCCCC)[Si](OCCCC)(OCCCC)OCCCC. The van der Waals surface area contributed by atoms with E-state index in [-0.39, 0.29) is 0 Å². The fourth-order valence-corrected chi connectivity index (χ4v) is 50.4. The van der Waals surface area contributed by atoms with Crippen molar-refractivity contribution >= 4 is 31.8 Å². The second-order valence-electron chi connectivity index (χ2n) is 14.4. The Balaban J connectivity index is 8.94. The molecule has 14 heteroatoms. The highest BCUT2D eigenvalue weighted by molar-refractivity contribution is 7.73. The fourth-order valence-electron chi connectivity index (χ4n) is 5.59. The first kappa shape index (κ1) is 54.5. The maximum Gasteiger partial charge on any atom is 0.541 e. The quantitative estimate of drug-likeness (QED) is 0.0436. The van der Waals surface area contributed by atoms with E-state index in [1.54, 1.807) is 0 Å². The van der Waals surface area contributed by atoms with Gasteiger partial charge in [0.1, 0.15) is 0 Å². The second kappa shape index (κ2) is 35.4. The molecule has 0 aliphatic rings. The molecular formula is C40H90O10Si4. The largest absolute Gasteiger partial charge is 0.541 e. The van der Waals surface area contributed by atoms with Crippen molar-refractivity contribution in [1.82, 2.24) is 0 Å². The second-order valence-corrected chi connectivity index (χ2v) is 36.5. The summed E-state index contributed by atoms with van der Waals surface area (Å²) in [5.74, 6) is 0. The van der Waals surface area contributed by atoms with Crippen LogP contribution in [0.3, 0.4) is 0 Å². The molecule has 0 bridgehead atoms. The molecule has 0 heterocycles. The van der Waals surface area contributed by atoms with E-state index >= 15 is 0 Å². The summed E-state index contributed by atoms with van der Waals surface area (Å²) in [6, 6.07) is 0. The van der Waals surface area contributed by atoms with Crippen LogP contribution in [-0.2, 0) is 44.3 Å².